The monoisotopic (exact) mass is 285 g/mol. The summed E-state index contributed by atoms with van der Waals surface area (Å²) in [5.74, 6) is 6.55. The maximum Gasteiger partial charge on any atom is 0.328 e. The Kier molecular flexibility index (Phi) is 4.85. The van der Waals surface area contributed by atoms with Gasteiger partial charge >= 0.3 is 5.69 Å². The lowest BCUT2D eigenvalue weighted by Gasteiger charge is -2.09. The predicted molar refractivity (Wildman–Crippen MR) is 82.4 cm³/mol. The third-order valence-corrected chi connectivity index (χ3v) is 3.21. The zero-order valence-electron chi connectivity index (χ0n) is 12.3. The van der Waals surface area contributed by atoms with Gasteiger partial charge in [-0.05, 0) is 25.1 Å². The average molecular weight is 285 g/mol. The second-order valence-corrected chi connectivity index (χ2v) is 4.53. The lowest BCUT2D eigenvalue weighted by Crippen LogP contribution is -2.24. The molecular weight excluding hydrogens is 266 g/mol. The Morgan fingerprint density at radius 3 is 2.67 bits per heavy atom. The van der Waals surface area contributed by atoms with E-state index in [4.69, 9.17) is 10.5 Å². The van der Waals surface area contributed by atoms with Crippen molar-refractivity contribution in [2.24, 2.45) is 5.73 Å². The van der Waals surface area contributed by atoms with E-state index in [0.717, 1.165) is 16.9 Å². The molecule has 0 saturated heterocycles. The molecule has 5 heteroatoms. The molecule has 1 heterocycles. The fourth-order valence-electron chi connectivity index (χ4n) is 2.13. The molecule has 0 atom stereocenters. The molecular formula is C16H19N3O2. The fraction of sp³-hybridized carbons (Fsp3) is 0.312. The summed E-state index contributed by atoms with van der Waals surface area (Å²) < 4.78 is 8.67. The highest BCUT2D eigenvalue weighted by molar-refractivity contribution is 5.44. The van der Waals surface area contributed by atoms with Gasteiger partial charge in [-0.25, -0.2) is 4.79 Å². The van der Waals surface area contributed by atoms with Crippen molar-refractivity contribution in [2.45, 2.75) is 20.0 Å². The first-order valence-electron chi connectivity index (χ1n) is 6.81. The van der Waals surface area contributed by atoms with Crippen molar-refractivity contribution in [2.75, 3.05) is 13.7 Å². The lowest BCUT2D eigenvalue weighted by atomic mass is 10.1. The molecule has 0 saturated carbocycles. The van der Waals surface area contributed by atoms with E-state index in [2.05, 4.69) is 11.8 Å². The fourth-order valence-corrected chi connectivity index (χ4v) is 2.13. The smallest absolute Gasteiger partial charge is 0.328 e. The number of nitrogens with two attached hydrogens (primary N) is 1. The summed E-state index contributed by atoms with van der Waals surface area (Å²) in [4.78, 5) is 12.1. The van der Waals surface area contributed by atoms with E-state index in [1.807, 2.05) is 25.1 Å². The van der Waals surface area contributed by atoms with Gasteiger partial charge in [0.15, 0.2) is 0 Å². The number of hydrogen-bond donors (Lipinski definition) is 1. The largest absolute Gasteiger partial charge is 0.496 e. The summed E-state index contributed by atoms with van der Waals surface area (Å²) in [5, 5.41) is 0. The first-order chi connectivity index (χ1) is 10.2. The highest BCUT2D eigenvalue weighted by Crippen LogP contribution is 2.20. The van der Waals surface area contributed by atoms with Gasteiger partial charge in [0.05, 0.1) is 20.2 Å². The molecule has 0 amide bonds. The summed E-state index contributed by atoms with van der Waals surface area (Å²) in [7, 11) is 1.62. The number of rotatable bonds is 4. The van der Waals surface area contributed by atoms with Crippen LogP contribution in [0.15, 0.2) is 35.4 Å². The molecule has 5 nitrogen and oxygen atoms in total. The van der Waals surface area contributed by atoms with Crippen molar-refractivity contribution in [1.29, 1.82) is 0 Å². The van der Waals surface area contributed by atoms with Gasteiger partial charge in [0.1, 0.15) is 5.75 Å². The third-order valence-electron chi connectivity index (χ3n) is 3.21. The number of imidazole rings is 1. The van der Waals surface area contributed by atoms with Gasteiger partial charge in [-0.3, -0.25) is 9.13 Å². The Morgan fingerprint density at radius 1 is 1.29 bits per heavy atom. The Morgan fingerprint density at radius 2 is 2.05 bits per heavy atom. The maximum atomic E-state index is 12.1. The zero-order chi connectivity index (χ0) is 15.2. The highest BCUT2D eigenvalue weighted by atomic mass is 16.5. The van der Waals surface area contributed by atoms with E-state index in [1.165, 1.54) is 0 Å². The Balaban J connectivity index is 2.36. The van der Waals surface area contributed by atoms with Crippen molar-refractivity contribution in [3.05, 3.63) is 52.2 Å². The van der Waals surface area contributed by atoms with Crippen LogP contribution >= 0.6 is 0 Å². The molecule has 0 aliphatic rings. The van der Waals surface area contributed by atoms with Crippen LogP contribution in [0.2, 0.25) is 0 Å². The summed E-state index contributed by atoms with van der Waals surface area (Å²) in [6, 6.07) is 5.67. The van der Waals surface area contributed by atoms with Crippen LogP contribution < -0.4 is 16.2 Å². The van der Waals surface area contributed by atoms with Gasteiger partial charge < -0.3 is 10.5 Å². The summed E-state index contributed by atoms with van der Waals surface area (Å²) in [6.07, 6.45) is 3.57. The first kappa shape index (κ1) is 14.9. The normalized spacial score (nSPS) is 10.0. The number of nitrogens with zero attached hydrogens (tertiary/aromatic N) is 2. The number of benzene rings is 1. The molecule has 1 aromatic carbocycles. The molecule has 0 aliphatic heterocycles. The van der Waals surface area contributed by atoms with Crippen LogP contribution in [-0.4, -0.2) is 22.8 Å². The molecule has 0 spiro atoms. The van der Waals surface area contributed by atoms with Crippen LogP contribution in [0.4, 0.5) is 0 Å². The van der Waals surface area contributed by atoms with Gasteiger partial charge in [-0.2, -0.15) is 0 Å². The van der Waals surface area contributed by atoms with E-state index in [1.54, 1.807) is 28.6 Å². The first-order valence-corrected chi connectivity index (χ1v) is 6.81. The Labute approximate surface area is 124 Å². The van der Waals surface area contributed by atoms with Crippen molar-refractivity contribution in [3.63, 3.8) is 0 Å². The van der Waals surface area contributed by atoms with Gasteiger partial charge in [0.2, 0.25) is 0 Å². The predicted octanol–water partition coefficient (Wildman–Crippen LogP) is 1.04. The van der Waals surface area contributed by atoms with Crippen LogP contribution in [-0.2, 0) is 13.1 Å². The molecule has 110 valence electrons. The average Bonchev–Trinajstić information content (AvgIpc) is 2.86. The molecule has 0 fully saturated rings. The second kappa shape index (κ2) is 6.82. The number of aromatic nitrogens is 2. The third kappa shape index (κ3) is 3.36. The van der Waals surface area contributed by atoms with Crippen molar-refractivity contribution in [3.8, 4) is 17.6 Å². The molecule has 1 aromatic heterocycles. The lowest BCUT2D eigenvalue weighted by molar-refractivity contribution is 0.408. The quantitative estimate of drug-likeness (QED) is 0.854. The van der Waals surface area contributed by atoms with E-state index < -0.39 is 0 Å². The summed E-state index contributed by atoms with van der Waals surface area (Å²) >= 11 is 0. The molecule has 21 heavy (non-hydrogen) atoms. The Bertz CT molecular complexity index is 732. The topological polar surface area (TPSA) is 62.2 Å². The van der Waals surface area contributed by atoms with Crippen molar-refractivity contribution in [1.82, 2.24) is 9.13 Å². The maximum absolute atomic E-state index is 12.1. The van der Waals surface area contributed by atoms with Crippen LogP contribution in [0, 0.1) is 11.8 Å². The second-order valence-electron chi connectivity index (χ2n) is 4.53. The molecule has 2 aromatic rings. The van der Waals surface area contributed by atoms with Crippen LogP contribution in [0.25, 0.3) is 0 Å². The summed E-state index contributed by atoms with van der Waals surface area (Å²) in [6.45, 7) is 3.37. The minimum Gasteiger partial charge on any atom is -0.496 e. The standard InChI is InChI=1S/C16H19N3O2/c1-3-18-9-10-19(16(18)20)12-14-11-13(5-4-8-17)6-7-15(14)21-2/h6-7,9-11H,3,8,12,17H2,1-2H3. The van der Waals surface area contributed by atoms with E-state index >= 15 is 0 Å². The SMILES string of the molecule is CCn1ccn(Cc2cc(C#CCN)ccc2OC)c1=O. The van der Waals surface area contributed by atoms with Gasteiger partial charge in [-0.1, -0.05) is 11.8 Å². The highest BCUT2D eigenvalue weighted by Gasteiger charge is 2.08. The summed E-state index contributed by atoms with van der Waals surface area (Å²) in [5.41, 5.74) is 7.13. The molecule has 0 aliphatic carbocycles. The van der Waals surface area contributed by atoms with Crippen LogP contribution in [0.3, 0.4) is 0 Å². The van der Waals surface area contributed by atoms with Crippen LogP contribution in [0.5, 0.6) is 5.75 Å². The van der Waals surface area contributed by atoms with Crippen molar-refractivity contribution >= 4 is 0 Å². The van der Waals surface area contributed by atoms with E-state index in [-0.39, 0.29) is 5.69 Å². The minimum atomic E-state index is -0.0296. The molecule has 2 rings (SSSR count). The number of ether oxygens (including phenoxy) is 1. The van der Waals surface area contributed by atoms with E-state index in [9.17, 15) is 4.79 Å². The van der Waals surface area contributed by atoms with Crippen molar-refractivity contribution < 1.29 is 4.74 Å². The Hall–Kier alpha value is -2.45. The van der Waals surface area contributed by atoms with Gasteiger partial charge in [0.25, 0.3) is 0 Å². The van der Waals surface area contributed by atoms with Gasteiger partial charge in [-0.15, -0.1) is 0 Å². The van der Waals surface area contributed by atoms with Crippen LogP contribution in [0.1, 0.15) is 18.1 Å². The minimum absolute atomic E-state index is 0.0296. The number of aryl methyl sites for hydroxylation is 1. The van der Waals surface area contributed by atoms with Gasteiger partial charge in [0, 0.05) is 30.1 Å². The molecule has 0 unspecified atom stereocenters. The number of methoxy groups -OCH3 is 1. The zero-order valence-corrected chi connectivity index (χ0v) is 12.3. The molecule has 2 N–H and O–H groups in total. The molecule has 0 radical (unpaired) electrons. The van der Waals surface area contributed by atoms with E-state index in [0.29, 0.717) is 19.6 Å². The molecule has 0 bridgehead atoms. The number of hydrogen-bond acceptors (Lipinski definition) is 3.